The average Bonchev–Trinajstić information content (AvgIpc) is 3.19. The summed E-state index contributed by atoms with van der Waals surface area (Å²) in [6.07, 6.45) is 0.400. The summed E-state index contributed by atoms with van der Waals surface area (Å²) in [6, 6.07) is 19.3. The molecule has 0 aliphatic rings. The summed E-state index contributed by atoms with van der Waals surface area (Å²) in [7, 11) is 0. The first kappa shape index (κ1) is 18.2. The number of carbonyl (C=O) groups is 2. The van der Waals surface area contributed by atoms with E-state index in [-0.39, 0.29) is 11.8 Å². The van der Waals surface area contributed by atoms with E-state index in [4.69, 9.17) is 11.6 Å². The molecule has 26 heavy (non-hydrogen) atoms. The molecule has 1 atom stereocenters. The Morgan fingerprint density at radius 3 is 2.35 bits per heavy atom. The number of thiophene rings is 1. The maximum Gasteiger partial charge on any atom is 0.262 e. The summed E-state index contributed by atoms with van der Waals surface area (Å²) in [5.74, 6) is -0.534. The predicted molar refractivity (Wildman–Crippen MR) is 106 cm³/mol. The van der Waals surface area contributed by atoms with Gasteiger partial charge in [-0.1, -0.05) is 48.0 Å². The molecule has 0 fully saturated rings. The van der Waals surface area contributed by atoms with Crippen molar-refractivity contribution in [3.63, 3.8) is 0 Å². The Morgan fingerprint density at radius 2 is 1.69 bits per heavy atom. The smallest absolute Gasteiger partial charge is 0.262 e. The fourth-order valence-electron chi connectivity index (χ4n) is 2.46. The third-order valence-corrected chi connectivity index (χ3v) is 4.88. The van der Waals surface area contributed by atoms with Gasteiger partial charge in [0.15, 0.2) is 0 Å². The minimum absolute atomic E-state index is 0.257. The van der Waals surface area contributed by atoms with Gasteiger partial charge in [0.2, 0.25) is 5.91 Å². The van der Waals surface area contributed by atoms with Crippen molar-refractivity contribution < 1.29 is 9.59 Å². The molecule has 0 saturated heterocycles. The molecule has 0 saturated carbocycles. The maximum atomic E-state index is 12.8. The first-order valence-corrected chi connectivity index (χ1v) is 9.32. The Kier molecular flexibility index (Phi) is 6.04. The topological polar surface area (TPSA) is 58.2 Å². The van der Waals surface area contributed by atoms with Crippen LogP contribution < -0.4 is 10.6 Å². The van der Waals surface area contributed by atoms with Crippen LogP contribution in [0.1, 0.15) is 15.2 Å². The molecule has 3 aromatic rings. The molecule has 0 spiro atoms. The van der Waals surface area contributed by atoms with Crippen LogP contribution >= 0.6 is 22.9 Å². The highest BCUT2D eigenvalue weighted by atomic mass is 35.5. The van der Waals surface area contributed by atoms with Gasteiger partial charge in [-0.25, -0.2) is 0 Å². The molecule has 0 aliphatic heterocycles. The van der Waals surface area contributed by atoms with Crippen LogP contribution in [0.4, 0.5) is 5.69 Å². The number of hydrogen-bond donors (Lipinski definition) is 2. The first-order chi connectivity index (χ1) is 12.6. The van der Waals surface area contributed by atoms with Crippen LogP contribution in [0.2, 0.25) is 5.02 Å². The van der Waals surface area contributed by atoms with E-state index in [0.717, 1.165) is 5.56 Å². The van der Waals surface area contributed by atoms with Gasteiger partial charge in [0, 0.05) is 17.1 Å². The van der Waals surface area contributed by atoms with E-state index in [1.54, 1.807) is 36.4 Å². The van der Waals surface area contributed by atoms with Crippen molar-refractivity contribution in [2.45, 2.75) is 12.5 Å². The number of benzene rings is 2. The average molecular weight is 385 g/mol. The fraction of sp³-hybridized carbons (Fsp3) is 0.100. The second kappa shape index (κ2) is 8.65. The van der Waals surface area contributed by atoms with Crippen LogP contribution in [0.3, 0.4) is 0 Å². The molecule has 6 heteroatoms. The van der Waals surface area contributed by atoms with Gasteiger partial charge >= 0.3 is 0 Å². The van der Waals surface area contributed by atoms with E-state index >= 15 is 0 Å². The van der Waals surface area contributed by atoms with Crippen molar-refractivity contribution in [1.29, 1.82) is 0 Å². The standard InChI is InChI=1S/C20H17ClN2O2S/c21-15-8-10-16(11-9-15)22-19(24)17(13-14-5-2-1-3-6-14)23-20(25)18-7-4-12-26-18/h1-12,17H,13H2,(H,22,24)(H,23,25)/t17-/m0/s1. The molecular weight excluding hydrogens is 368 g/mol. The number of hydrogen-bond acceptors (Lipinski definition) is 3. The molecule has 2 amide bonds. The molecule has 1 aromatic heterocycles. The predicted octanol–water partition coefficient (Wildman–Crippen LogP) is 4.38. The van der Waals surface area contributed by atoms with E-state index in [1.165, 1.54) is 11.3 Å². The molecule has 0 unspecified atom stereocenters. The summed E-state index contributed by atoms with van der Waals surface area (Å²) in [4.78, 5) is 25.7. The van der Waals surface area contributed by atoms with E-state index in [2.05, 4.69) is 10.6 Å². The summed E-state index contributed by atoms with van der Waals surface area (Å²) in [5, 5.41) is 8.08. The normalized spacial score (nSPS) is 11.6. The Morgan fingerprint density at radius 1 is 0.962 bits per heavy atom. The second-order valence-electron chi connectivity index (χ2n) is 5.69. The first-order valence-electron chi connectivity index (χ1n) is 8.06. The van der Waals surface area contributed by atoms with Gasteiger partial charge in [0.05, 0.1) is 4.88 Å². The number of amides is 2. The van der Waals surface area contributed by atoms with Crippen LogP contribution in [0, 0.1) is 0 Å². The maximum absolute atomic E-state index is 12.8. The third-order valence-electron chi connectivity index (χ3n) is 3.76. The Labute approximate surface area is 160 Å². The molecular formula is C20H17ClN2O2S. The molecule has 1 heterocycles. The lowest BCUT2D eigenvalue weighted by atomic mass is 10.0. The Bertz CT molecular complexity index is 865. The second-order valence-corrected chi connectivity index (χ2v) is 7.07. The number of nitrogens with one attached hydrogen (secondary N) is 2. The number of anilines is 1. The number of halogens is 1. The summed E-state index contributed by atoms with van der Waals surface area (Å²) in [6.45, 7) is 0. The highest BCUT2D eigenvalue weighted by molar-refractivity contribution is 7.12. The van der Waals surface area contributed by atoms with Gasteiger partial charge in [-0.15, -0.1) is 11.3 Å². The zero-order valence-corrected chi connectivity index (χ0v) is 15.4. The van der Waals surface area contributed by atoms with Gasteiger partial charge in [-0.05, 0) is 41.3 Å². The van der Waals surface area contributed by atoms with Crippen LogP contribution in [0.15, 0.2) is 72.1 Å². The summed E-state index contributed by atoms with van der Waals surface area (Å²) in [5.41, 5.74) is 1.60. The lowest BCUT2D eigenvalue weighted by Gasteiger charge is -2.18. The Balaban J connectivity index is 1.75. The molecule has 2 N–H and O–H groups in total. The summed E-state index contributed by atoms with van der Waals surface area (Å²) >= 11 is 7.21. The monoisotopic (exact) mass is 384 g/mol. The van der Waals surface area contributed by atoms with Crippen molar-refractivity contribution in [3.8, 4) is 0 Å². The van der Waals surface area contributed by atoms with Gasteiger partial charge in [-0.2, -0.15) is 0 Å². The number of rotatable bonds is 6. The molecule has 132 valence electrons. The highest BCUT2D eigenvalue weighted by Gasteiger charge is 2.22. The zero-order valence-electron chi connectivity index (χ0n) is 13.8. The lowest BCUT2D eigenvalue weighted by molar-refractivity contribution is -0.118. The van der Waals surface area contributed by atoms with Crippen molar-refractivity contribution in [2.75, 3.05) is 5.32 Å². The third kappa shape index (κ3) is 4.94. The largest absolute Gasteiger partial charge is 0.339 e. The molecule has 0 radical (unpaired) electrons. The van der Waals surface area contributed by atoms with Crippen LogP contribution in [0.5, 0.6) is 0 Å². The number of carbonyl (C=O) groups excluding carboxylic acids is 2. The lowest BCUT2D eigenvalue weighted by Crippen LogP contribution is -2.45. The van der Waals surface area contributed by atoms with E-state index < -0.39 is 6.04 Å². The minimum Gasteiger partial charge on any atom is -0.339 e. The van der Waals surface area contributed by atoms with Crippen LogP contribution in [-0.4, -0.2) is 17.9 Å². The van der Waals surface area contributed by atoms with E-state index in [9.17, 15) is 9.59 Å². The Hall–Kier alpha value is -2.63. The molecule has 2 aromatic carbocycles. The highest BCUT2D eigenvalue weighted by Crippen LogP contribution is 2.15. The molecule has 4 nitrogen and oxygen atoms in total. The van der Waals surface area contributed by atoms with Gasteiger partial charge < -0.3 is 10.6 Å². The fourth-order valence-corrected chi connectivity index (χ4v) is 3.21. The van der Waals surface area contributed by atoms with Crippen molar-refractivity contribution in [2.24, 2.45) is 0 Å². The SMILES string of the molecule is O=C(N[C@@H](Cc1ccccc1)C(=O)Nc1ccc(Cl)cc1)c1cccs1. The van der Waals surface area contributed by atoms with Crippen molar-refractivity contribution in [1.82, 2.24) is 5.32 Å². The quantitative estimate of drug-likeness (QED) is 0.662. The molecule has 0 bridgehead atoms. The van der Waals surface area contributed by atoms with E-state index in [0.29, 0.717) is 22.0 Å². The van der Waals surface area contributed by atoms with Gasteiger partial charge in [0.25, 0.3) is 5.91 Å². The van der Waals surface area contributed by atoms with Gasteiger partial charge in [-0.3, -0.25) is 9.59 Å². The molecule has 0 aliphatic carbocycles. The van der Waals surface area contributed by atoms with Gasteiger partial charge in [0.1, 0.15) is 6.04 Å². The van der Waals surface area contributed by atoms with E-state index in [1.807, 2.05) is 35.7 Å². The zero-order chi connectivity index (χ0) is 18.4. The minimum atomic E-state index is -0.692. The van der Waals surface area contributed by atoms with Crippen LogP contribution in [-0.2, 0) is 11.2 Å². The van der Waals surface area contributed by atoms with Crippen molar-refractivity contribution >= 4 is 40.4 Å². The van der Waals surface area contributed by atoms with Crippen LogP contribution in [0.25, 0.3) is 0 Å². The van der Waals surface area contributed by atoms with Crippen molar-refractivity contribution in [3.05, 3.63) is 87.6 Å². The summed E-state index contributed by atoms with van der Waals surface area (Å²) < 4.78 is 0. The molecule has 3 rings (SSSR count).